The van der Waals surface area contributed by atoms with Crippen LogP contribution in [0.1, 0.15) is 12.8 Å². The number of rotatable bonds is 1. The van der Waals surface area contributed by atoms with Gasteiger partial charge in [0.1, 0.15) is 30.0 Å². The van der Waals surface area contributed by atoms with E-state index in [0.29, 0.717) is 12.8 Å². The van der Waals surface area contributed by atoms with Gasteiger partial charge in [0, 0.05) is 0 Å². The summed E-state index contributed by atoms with van der Waals surface area (Å²) in [4.78, 5) is 0. The van der Waals surface area contributed by atoms with Crippen LogP contribution in [0, 0.1) is 0 Å². The van der Waals surface area contributed by atoms with Gasteiger partial charge in [-0.25, -0.2) is 0 Å². The molecule has 1 fully saturated rings. The quantitative estimate of drug-likeness (QED) is 0.403. The van der Waals surface area contributed by atoms with Crippen molar-refractivity contribution in [2.45, 2.75) is 42.9 Å². The third-order valence-corrected chi connectivity index (χ3v) is 3.25. The monoisotopic (exact) mass is 216 g/mol. The van der Waals surface area contributed by atoms with Crippen LogP contribution in [0.3, 0.4) is 0 Å². The van der Waals surface area contributed by atoms with Crippen molar-refractivity contribution in [3.8, 4) is 0 Å². The van der Waals surface area contributed by atoms with Crippen LogP contribution >= 0.6 is 0 Å². The average molecular weight is 216 g/mol. The van der Waals surface area contributed by atoms with E-state index in [0.717, 1.165) is 0 Å². The SMILES string of the molecule is OC[C@H]1OC2(CC=CC2)[C@H](O)[C@@H](O)[C@@H]1O. The second-order valence-corrected chi connectivity index (χ2v) is 4.21. The average Bonchev–Trinajstić information content (AvgIpc) is 2.70. The van der Waals surface area contributed by atoms with Gasteiger partial charge in [-0.1, -0.05) is 12.2 Å². The lowest BCUT2D eigenvalue weighted by Crippen LogP contribution is -2.64. The van der Waals surface area contributed by atoms with Gasteiger partial charge in [-0.05, 0) is 12.8 Å². The maximum Gasteiger partial charge on any atom is 0.112 e. The van der Waals surface area contributed by atoms with E-state index in [1.165, 1.54) is 0 Å². The highest BCUT2D eigenvalue weighted by Gasteiger charge is 2.52. The Morgan fingerprint density at radius 3 is 2.27 bits per heavy atom. The Morgan fingerprint density at radius 2 is 1.73 bits per heavy atom. The molecule has 5 heteroatoms. The minimum atomic E-state index is -1.27. The normalized spacial score (nSPS) is 43.7. The molecule has 0 unspecified atom stereocenters. The molecule has 4 atom stereocenters. The van der Waals surface area contributed by atoms with Crippen molar-refractivity contribution in [1.82, 2.24) is 0 Å². The summed E-state index contributed by atoms with van der Waals surface area (Å²) in [6.07, 6.45) is 0.258. The first-order chi connectivity index (χ1) is 7.10. The first-order valence-corrected chi connectivity index (χ1v) is 5.08. The Hall–Kier alpha value is -0.460. The molecule has 1 aliphatic carbocycles. The number of aliphatic hydroxyl groups is 4. The van der Waals surface area contributed by atoms with Crippen LogP contribution in [-0.4, -0.2) is 57.0 Å². The fourth-order valence-corrected chi connectivity index (χ4v) is 2.29. The second-order valence-electron chi connectivity index (χ2n) is 4.21. The summed E-state index contributed by atoms with van der Waals surface area (Å²) >= 11 is 0. The fraction of sp³-hybridized carbons (Fsp3) is 0.800. The molecule has 1 aliphatic heterocycles. The maximum absolute atomic E-state index is 9.86. The largest absolute Gasteiger partial charge is 0.394 e. The van der Waals surface area contributed by atoms with Crippen molar-refractivity contribution < 1.29 is 25.2 Å². The van der Waals surface area contributed by atoms with Crippen molar-refractivity contribution in [1.29, 1.82) is 0 Å². The highest BCUT2D eigenvalue weighted by molar-refractivity contribution is 5.13. The third-order valence-electron chi connectivity index (χ3n) is 3.25. The molecule has 0 aromatic carbocycles. The summed E-state index contributed by atoms with van der Waals surface area (Å²) in [6, 6.07) is 0. The summed E-state index contributed by atoms with van der Waals surface area (Å²) < 4.78 is 5.51. The molecule has 0 bridgehead atoms. The van der Waals surface area contributed by atoms with E-state index < -0.39 is 30.0 Å². The predicted octanol–water partition coefficient (Wildman–Crippen LogP) is -1.45. The van der Waals surface area contributed by atoms with Crippen molar-refractivity contribution in [3.05, 3.63) is 12.2 Å². The van der Waals surface area contributed by atoms with Crippen LogP contribution in [0.5, 0.6) is 0 Å². The summed E-state index contributed by atoms with van der Waals surface area (Å²) in [5.74, 6) is 0. The zero-order valence-corrected chi connectivity index (χ0v) is 8.28. The first-order valence-electron chi connectivity index (χ1n) is 5.08. The lowest BCUT2D eigenvalue weighted by Gasteiger charge is -2.46. The topological polar surface area (TPSA) is 90.2 Å². The van der Waals surface area contributed by atoms with E-state index in [4.69, 9.17) is 9.84 Å². The number of aliphatic hydroxyl groups excluding tert-OH is 4. The van der Waals surface area contributed by atoms with Gasteiger partial charge in [-0.3, -0.25) is 0 Å². The zero-order valence-electron chi connectivity index (χ0n) is 8.28. The molecule has 0 aromatic rings. The van der Waals surface area contributed by atoms with Gasteiger partial charge in [0.15, 0.2) is 0 Å². The molecule has 1 spiro atoms. The van der Waals surface area contributed by atoms with Crippen LogP contribution in [0.4, 0.5) is 0 Å². The highest BCUT2D eigenvalue weighted by atomic mass is 16.6. The molecule has 0 saturated carbocycles. The number of hydrogen-bond acceptors (Lipinski definition) is 5. The van der Waals surface area contributed by atoms with Gasteiger partial charge < -0.3 is 25.2 Å². The van der Waals surface area contributed by atoms with Gasteiger partial charge >= 0.3 is 0 Å². The Bertz CT molecular complexity index is 255. The molecule has 0 radical (unpaired) electrons. The van der Waals surface area contributed by atoms with Crippen LogP contribution in [0.15, 0.2) is 12.2 Å². The molecule has 2 rings (SSSR count). The fourth-order valence-electron chi connectivity index (χ4n) is 2.29. The Balaban J connectivity index is 2.19. The lowest BCUT2D eigenvalue weighted by molar-refractivity contribution is -0.270. The summed E-state index contributed by atoms with van der Waals surface area (Å²) in [5.41, 5.74) is -0.869. The third kappa shape index (κ3) is 1.60. The van der Waals surface area contributed by atoms with E-state index in [1.807, 2.05) is 12.2 Å². The minimum absolute atomic E-state index is 0.368. The molecular formula is C10H16O5. The van der Waals surface area contributed by atoms with Gasteiger partial charge in [0.25, 0.3) is 0 Å². The lowest BCUT2D eigenvalue weighted by atomic mass is 9.83. The molecule has 15 heavy (non-hydrogen) atoms. The predicted molar refractivity (Wildman–Crippen MR) is 51.1 cm³/mol. The van der Waals surface area contributed by atoms with Crippen LogP contribution in [0.2, 0.25) is 0 Å². The van der Waals surface area contributed by atoms with E-state index in [-0.39, 0.29) is 6.61 Å². The number of ether oxygens (including phenoxy) is 1. The van der Waals surface area contributed by atoms with Crippen LogP contribution in [0.25, 0.3) is 0 Å². The molecule has 0 amide bonds. The Labute approximate surface area is 87.6 Å². The molecule has 5 nitrogen and oxygen atoms in total. The molecule has 4 N–H and O–H groups in total. The Morgan fingerprint density at radius 1 is 1.13 bits per heavy atom. The zero-order chi connectivity index (χ0) is 11.1. The molecule has 0 aromatic heterocycles. The summed E-state index contributed by atoms with van der Waals surface area (Å²) in [6.45, 7) is -0.368. The van der Waals surface area contributed by atoms with E-state index in [2.05, 4.69) is 0 Å². The molecular weight excluding hydrogens is 200 g/mol. The molecule has 1 heterocycles. The van der Waals surface area contributed by atoms with Crippen molar-refractivity contribution in [2.75, 3.05) is 6.61 Å². The molecule has 86 valence electrons. The summed E-state index contributed by atoms with van der Waals surface area (Å²) in [5, 5.41) is 38.1. The van der Waals surface area contributed by atoms with Crippen molar-refractivity contribution >= 4 is 0 Å². The first kappa shape index (κ1) is 11.0. The molecule has 1 saturated heterocycles. The Kier molecular flexibility index (Phi) is 2.83. The van der Waals surface area contributed by atoms with Crippen LogP contribution < -0.4 is 0 Å². The highest BCUT2D eigenvalue weighted by Crippen LogP contribution is 2.39. The second kappa shape index (κ2) is 3.84. The summed E-state index contributed by atoms with van der Waals surface area (Å²) in [7, 11) is 0. The maximum atomic E-state index is 9.86. The van der Waals surface area contributed by atoms with Gasteiger partial charge in [-0.15, -0.1) is 0 Å². The van der Waals surface area contributed by atoms with Crippen molar-refractivity contribution in [2.24, 2.45) is 0 Å². The van der Waals surface area contributed by atoms with Crippen LogP contribution in [-0.2, 0) is 4.74 Å². The standard InChI is InChI=1S/C10H16O5/c11-5-6-7(12)8(13)9(14)10(15-6)3-1-2-4-10/h1-2,6-9,11-14H,3-5H2/t6-,7-,8+,9-/m1/s1. The molecule has 2 aliphatic rings. The van der Waals surface area contributed by atoms with E-state index >= 15 is 0 Å². The van der Waals surface area contributed by atoms with Gasteiger partial charge in [0.2, 0.25) is 0 Å². The van der Waals surface area contributed by atoms with E-state index in [9.17, 15) is 15.3 Å². The number of hydrogen-bond donors (Lipinski definition) is 4. The van der Waals surface area contributed by atoms with Gasteiger partial charge in [0.05, 0.1) is 6.61 Å². The minimum Gasteiger partial charge on any atom is -0.394 e. The van der Waals surface area contributed by atoms with E-state index in [1.54, 1.807) is 0 Å². The van der Waals surface area contributed by atoms with Crippen molar-refractivity contribution in [3.63, 3.8) is 0 Å². The van der Waals surface area contributed by atoms with Gasteiger partial charge in [-0.2, -0.15) is 0 Å². The smallest absolute Gasteiger partial charge is 0.112 e.